The fraction of sp³-hybridized carbons (Fsp3) is 0.294. The highest BCUT2D eigenvalue weighted by Gasteiger charge is 2.24. The Morgan fingerprint density at radius 3 is 2.75 bits per heavy atom. The van der Waals surface area contributed by atoms with Gasteiger partial charge in [0.05, 0.1) is 0 Å². The fourth-order valence-corrected chi connectivity index (χ4v) is 3.27. The van der Waals surface area contributed by atoms with Crippen molar-refractivity contribution >= 4 is 23.2 Å². The van der Waals surface area contributed by atoms with E-state index < -0.39 is 0 Å². The van der Waals surface area contributed by atoms with E-state index in [1.54, 1.807) is 6.07 Å². The molecule has 3 heteroatoms. The maximum atomic E-state index is 6.16. The van der Waals surface area contributed by atoms with Crippen LogP contribution in [-0.2, 0) is 12.8 Å². The van der Waals surface area contributed by atoms with E-state index >= 15 is 0 Å². The van der Waals surface area contributed by atoms with Crippen LogP contribution in [0.2, 0.25) is 10.0 Å². The van der Waals surface area contributed by atoms with Gasteiger partial charge >= 0.3 is 0 Å². The van der Waals surface area contributed by atoms with Crippen molar-refractivity contribution < 1.29 is 0 Å². The van der Waals surface area contributed by atoms with Crippen LogP contribution in [0.15, 0.2) is 42.5 Å². The lowest BCUT2D eigenvalue weighted by molar-refractivity contribution is 0.537. The summed E-state index contributed by atoms with van der Waals surface area (Å²) in [6, 6.07) is 14.4. The molecule has 0 bridgehead atoms. The molecule has 0 aliphatic heterocycles. The average Bonchev–Trinajstić information content (AvgIpc) is 2.41. The molecular weight excluding hydrogens is 289 g/mol. The van der Waals surface area contributed by atoms with Crippen molar-refractivity contribution in [3.05, 3.63) is 69.2 Å². The summed E-state index contributed by atoms with van der Waals surface area (Å²) in [4.78, 5) is 0. The summed E-state index contributed by atoms with van der Waals surface area (Å²) >= 11 is 12.1. The van der Waals surface area contributed by atoms with Crippen LogP contribution in [0.3, 0.4) is 0 Å². The Morgan fingerprint density at radius 1 is 1.10 bits per heavy atom. The molecular formula is C17H17Cl2N. The minimum absolute atomic E-state index is 0.673. The Balaban J connectivity index is 1.45. The van der Waals surface area contributed by atoms with E-state index in [0.717, 1.165) is 30.1 Å². The van der Waals surface area contributed by atoms with Gasteiger partial charge in [0.2, 0.25) is 0 Å². The normalized spacial score (nSPS) is 16.6. The maximum Gasteiger partial charge on any atom is 0.0453 e. The van der Waals surface area contributed by atoms with E-state index in [2.05, 4.69) is 29.6 Å². The van der Waals surface area contributed by atoms with E-state index in [4.69, 9.17) is 23.2 Å². The van der Waals surface area contributed by atoms with Crippen molar-refractivity contribution in [2.75, 3.05) is 13.1 Å². The number of hydrogen-bond acceptors (Lipinski definition) is 1. The van der Waals surface area contributed by atoms with Crippen molar-refractivity contribution in [1.29, 1.82) is 0 Å². The number of halogens is 2. The van der Waals surface area contributed by atoms with Crippen LogP contribution in [0.25, 0.3) is 0 Å². The Hall–Kier alpha value is -1.02. The summed E-state index contributed by atoms with van der Waals surface area (Å²) in [6.45, 7) is 1.99. The predicted molar refractivity (Wildman–Crippen MR) is 85.9 cm³/mol. The third-order valence-corrected chi connectivity index (χ3v) is 4.53. The minimum atomic E-state index is 0.673. The molecule has 3 rings (SSSR count). The molecule has 0 fully saturated rings. The lowest BCUT2D eigenvalue weighted by Gasteiger charge is -2.30. The van der Waals surface area contributed by atoms with Crippen molar-refractivity contribution in [2.24, 2.45) is 0 Å². The van der Waals surface area contributed by atoms with Crippen LogP contribution in [0, 0.1) is 0 Å². The van der Waals surface area contributed by atoms with Gasteiger partial charge in [-0.3, -0.25) is 0 Å². The van der Waals surface area contributed by atoms with Gasteiger partial charge in [-0.25, -0.2) is 0 Å². The fourth-order valence-electron chi connectivity index (χ4n) is 2.77. The standard InChI is InChI=1S/C17H17Cl2N/c18-15-6-5-12(17(19)10-15)7-8-20-11-14-9-13-3-1-2-4-16(13)14/h1-6,10,14,20H,7-9,11H2. The summed E-state index contributed by atoms with van der Waals surface area (Å²) in [5.41, 5.74) is 4.15. The van der Waals surface area contributed by atoms with E-state index in [-0.39, 0.29) is 0 Å². The lowest BCUT2D eigenvalue weighted by atomic mass is 9.77. The molecule has 20 heavy (non-hydrogen) atoms. The third kappa shape index (κ3) is 3.01. The molecule has 2 aromatic carbocycles. The van der Waals surface area contributed by atoms with Gasteiger partial charge in [0, 0.05) is 22.5 Å². The van der Waals surface area contributed by atoms with E-state index in [1.807, 2.05) is 12.1 Å². The van der Waals surface area contributed by atoms with Crippen LogP contribution in [0.5, 0.6) is 0 Å². The van der Waals surface area contributed by atoms with E-state index in [0.29, 0.717) is 10.9 Å². The molecule has 2 aromatic rings. The number of benzene rings is 2. The molecule has 0 saturated heterocycles. The van der Waals surface area contributed by atoms with Crippen LogP contribution in [0.4, 0.5) is 0 Å². The predicted octanol–water partition coefficient (Wildman–Crippen LogP) is 4.47. The Morgan fingerprint density at radius 2 is 1.95 bits per heavy atom. The van der Waals surface area contributed by atoms with Crippen LogP contribution in [-0.4, -0.2) is 13.1 Å². The zero-order valence-corrected chi connectivity index (χ0v) is 12.7. The molecule has 0 saturated carbocycles. The van der Waals surface area contributed by atoms with Gasteiger partial charge in [0.1, 0.15) is 0 Å². The molecule has 0 aromatic heterocycles. The first kappa shape index (κ1) is 13.9. The minimum Gasteiger partial charge on any atom is -0.316 e. The molecule has 1 nitrogen and oxygen atoms in total. The monoisotopic (exact) mass is 305 g/mol. The van der Waals surface area contributed by atoms with Crippen molar-refractivity contribution in [1.82, 2.24) is 5.32 Å². The Kier molecular flexibility index (Phi) is 4.30. The topological polar surface area (TPSA) is 12.0 Å². The number of nitrogens with one attached hydrogen (secondary N) is 1. The molecule has 0 spiro atoms. The van der Waals surface area contributed by atoms with Gasteiger partial charge in [-0.05, 0) is 48.2 Å². The summed E-state index contributed by atoms with van der Waals surface area (Å²) in [6.07, 6.45) is 2.13. The van der Waals surface area contributed by atoms with Crippen molar-refractivity contribution in [2.45, 2.75) is 18.8 Å². The average molecular weight is 306 g/mol. The second kappa shape index (κ2) is 6.17. The van der Waals surface area contributed by atoms with Crippen LogP contribution < -0.4 is 5.32 Å². The molecule has 1 N–H and O–H groups in total. The highest BCUT2D eigenvalue weighted by Crippen LogP contribution is 2.33. The molecule has 0 amide bonds. The second-order valence-corrected chi connectivity index (χ2v) is 6.13. The molecule has 1 atom stereocenters. The second-order valence-electron chi connectivity index (χ2n) is 5.29. The van der Waals surface area contributed by atoms with Gasteiger partial charge in [-0.2, -0.15) is 0 Å². The van der Waals surface area contributed by atoms with Crippen LogP contribution >= 0.6 is 23.2 Å². The summed E-state index contributed by atoms with van der Waals surface area (Å²) in [7, 11) is 0. The zero-order valence-electron chi connectivity index (χ0n) is 11.2. The highest BCUT2D eigenvalue weighted by atomic mass is 35.5. The van der Waals surface area contributed by atoms with Gasteiger partial charge in [-0.1, -0.05) is 53.5 Å². The third-order valence-electron chi connectivity index (χ3n) is 3.94. The summed E-state index contributed by atoms with van der Waals surface area (Å²) in [5, 5.41) is 4.98. The molecule has 0 heterocycles. The van der Waals surface area contributed by atoms with Gasteiger partial charge in [0.15, 0.2) is 0 Å². The zero-order chi connectivity index (χ0) is 13.9. The largest absolute Gasteiger partial charge is 0.316 e. The Labute approximate surface area is 129 Å². The van der Waals surface area contributed by atoms with Crippen molar-refractivity contribution in [3.63, 3.8) is 0 Å². The smallest absolute Gasteiger partial charge is 0.0453 e. The first-order chi connectivity index (χ1) is 9.74. The summed E-state index contributed by atoms with van der Waals surface area (Å²) in [5.74, 6) is 0.673. The van der Waals surface area contributed by atoms with Gasteiger partial charge in [0.25, 0.3) is 0 Å². The van der Waals surface area contributed by atoms with E-state index in [1.165, 1.54) is 17.5 Å². The van der Waals surface area contributed by atoms with E-state index in [9.17, 15) is 0 Å². The lowest BCUT2D eigenvalue weighted by Crippen LogP contribution is -2.30. The maximum absolute atomic E-state index is 6.16. The van der Waals surface area contributed by atoms with Gasteiger partial charge in [-0.15, -0.1) is 0 Å². The molecule has 1 unspecified atom stereocenters. The number of fused-ring (bicyclic) bond motifs is 1. The van der Waals surface area contributed by atoms with Gasteiger partial charge < -0.3 is 5.32 Å². The van der Waals surface area contributed by atoms with Crippen molar-refractivity contribution in [3.8, 4) is 0 Å². The molecule has 1 aliphatic carbocycles. The SMILES string of the molecule is Clc1ccc(CCNCC2Cc3ccccc32)c(Cl)c1. The van der Waals surface area contributed by atoms with Crippen LogP contribution in [0.1, 0.15) is 22.6 Å². The number of hydrogen-bond donors (Lipinski definition) is 1. The first-order valence-corrected chi connectivity index (χ1v) is 7.72. The highest BCUT2D eigenvalue weighted by molar-refractivity contribution is 6.35. The quantitative estimate of drug-likeness (QED) is 0.804. The molecule has 0 radical (unpaired) electrons. The Bertz CT molecular complexity index is 610. The summed E-state index contributed by atoms with van der Waals surface area (Å²) < 4.78 is 0. The molecule has 1 aliphatic rings. The number of rotatable bonds is 5. The first-order valence-electron chi connectivity index (χ1n) is 6.96. The molecule has 104 valence electrons.